The van der Waals surface area contributed by atoms with Gasteiger partial charge in [-0.15, -0.1) is 0 Å². The summed E-state index contributed by atoms with van der Waals surface area (Å²) in [5, 5.41) is 4.69. The van der Waals surface area contributed by atoms with E-state index in [1.807, 2.05) is 4.90 Å². The molecule has 33 heavy (non-hydrogen) atoms. The van der Waals surface area contributed by atoms with Crippen LogP contribution in [0.4, 0.5) is 5.69 Å². The van der Waals surface area contributed by atoms with Gasteiger partial charge in [-0.25, -0.2) is 0 Å². The van der Waals surface area contributed by atoms with E-state index in [1.165, 1.54) is 12.1 Å². The van der Waals surface area contributed by atoms with Gasteiger partial charge >= 0.3 is 0 Å². The van der Waals surface area contributed by atoms with Crippen molar-refractivity contribution >= 4 is 23.4 Å². The van der Waals surface area contributed by atoms with Crippen LogP contribution in [0.5, 0.6) is 0 Å². The van der Waals surface area contributed by atoms with E-state index < -0.39 is 43.0 Å². The first-order valence-electron chi connectivity index (χ1n) is 15.1. The predicted octanol–water partition coefficient (Wildman–Crippen LogP) is 1.89. The molecule has 2 saturated heterocycles. The second-order valence-corrected chi connectivity index (χ2v) is 7.80. The van der Waals surface area contributed by atoms with Crippen LogP contribution in [0.1, 0.15) is 52.1 Å². The Kier molecular flexibility index (Phi) is 3.81. The number of ether oxygens (including phenoxy) is 1. The SMILES string of the molecule is [2H]c1c([2H])c(CN2CCOCC2)c([2H])c([2H])c1CNc1cccc2c1CN([C@]1([2H])C(=O)NC(=O)C([2H])([2H])C1([2H])[2H])C2=O. The largest absolute Gasteiger partial charge is 0.381 e. The zero-order valence-electron chi connectivity index (χ0n) is 26.7. The van der Waals surface area contributed by atoms with Crippen LogP contribution < -0.4 is 10.6 Å². The molecule has 0 unspecified atom stereocenters. The van der Waals surface area contributed by atoms with Crippen molar-refractivity contribution in [3.05, 3.63) is 64.6 Å². The average molecular weight is 458 g/mol. The maximum Gasteiger partial charge on any atom is 0.255 e. The molecule has 172 valence electrons. The predicted molar refractivity (Wildman–Crippen MR) is 122 cm³/mol. The number of carbonyl (C=O) groups excluding carboxylic acids is 3. The van der Waals surface area contributed by atoms with Crippen LogP contribution in [0.3, 0.4) is 0 Å². The van der Waals surface area contributed by atoms with Gasteiger partial charge in [0.15, 0.2) is 0 Å². The van der Waals surface area contributed by atoms with Crippen molar-refractivity contribution in [1.82, 2.24) is 15.1 Å². The molecular weight excluding hydrogens is 420 g/mol. The maximum absolute atomic E-state index is 13.4. The van der Waals surface area contributed by atoms with Gasteiger partial charge in [0, 0.05) is 61.4 Å². The number of nitrogens with one attached hydrogen (secondary N) is 2. The molecule has 0 radical (unpaired) electrons. The first-order valence-corrected chi connectivity index (χ1v) is 10.6. The van der Waals surface area contributed by atoms with Crippen LogP contribution >= 0.6 is 0 Å². The summed E-state index contributed by atoms with van der Waals surface area (Å²) in [6, 6.07) is 0.581. The number of hydrogen-bond acceptors (Lipinski definition) is 6. The first kappa shape index (κ1) is 13.5. The molecule has 3 aliphatic heterocycles. The lowest BCUT2D eigenvalue weighted by atomic mass is 10.0. The minimum Gasteiger partial charge on any atom is -0.381 e. The summed E-state index contributed by atoms with van der Waals surface area (Å²) in [4.78, 5) is 40.7. The molecule has 0 saturated carbocycles. The Balaban J connectivity index is 1.42. The molecule has 8 heteroatoms. The maximum atomic E-state index is 13.4. The van der Waals surface area contributed by atoms with Crippen LogP contribution in [0.25, 0.3) is 0 Å². The Morgan fingerprint density at radius 1 is 1.15 bits per heavy atom. The monoisotopic (exact) mass is 457 g/mol. The Bertz CT molecular complexity index is 1470. The molecule has 2 N–H and O–H groups in total. The Hall–Kier alpha value is -3.23. The van der Waals surface area contributed by atoms with Crippen LogP contribution in [0.2, 0.25) is 0 Å². The molecular formula is C25H28N4O4. The molecule has 0 aromatic heterocycles. The fourth-order valence-electron chi connectivity index (χ4n) is 3.93. The molecule has 2 aromatic carbocycles. The number of amides is 3. The summed E-state index contributed by atoms with van der Waals surface area (Å²) in [5.41, 5.74) is 0.942. The highest BCUT2D eigenvalue weighted by Crippen LogP contribution is 2.32. The van der Waals surface area contributed by atoms with Gasteiger partial charge in [-0.1, -0.05) is 30.2 Å². The van der Waals surface area contributed by atoms with E-state index in [0.29, 0.717) is 36.9 Å². The number of imide groups is 1. The molecule has 8 nitrogen and oxygen atoms in total. The van der Waals surface area contributed by atoms with Crippen molar-refractivity contribution in [1.29, 1.82) is 0 Å². The number of piperidine rings is 1. The smallest absolute Gasteiger partial charge is 0.255 e. The quantitative estimate of drug-likeness (QED) is 0.644. The zero-order chi connectivity index (χ0) is 30.8. The van der Waals surface area contributed by atoms with Crippen molar-refractivity contribution in [3.8, 4) is 0 Å². The average Bonchev–Trinajstić information content (AvgIpc) is 3.30. The molecule has 0 bridgehead atoms. The number of fused-ring (bicyclic) bond motifs is 1. The van der Waals surface area contributed by atoms with Crippen molar-refractivity contribution in [2.24, 2.45) is 0 Å². The topological polar surface area (TPSA) is 91.0 Å². The second kappa shape index (κ2) is 9.33. The van der Waals surface area contributed by atoms with E-state index in [9.17, 15) is 14.4 Å². The minimum atomic E-state index is -3.40. The van der Waals surface area contributed by atoms with Gasteiger partial charge in [-0.05, 0) is 29.6 Å². The van der Waals surface area contributed by atoms with Gasteiger partial charge in [0.1, 0.15) is 6.02 Å². The number of morpholine rings is 1. The van der Waals surface area contributed by atoms with Gasteiger partial charge in [-0.2, -0.15) is 0 Å². The van der Waals surface area contributed by atoms with Crippen molar-refractivity contribution < 1.29 is 31.5 Å². The lowest BCUT2D eigenvalue weighted by Crippen LogP contribution is -2.52. The van der Waals surface area contributed by atoms with E-state index >= 15 is 0 Å². The third kappa shape index (κ3) is 4.62. The van der Waals surface area contributed by atoms with Crippen molar-refractivity contribution in [2.75, 3.05) is 31.6 Å². The highest BCUT2D eigenvalue weighted by molar-refractivity contribution is 6.06. The molecule has 0 spiro atoms. The van der Waals surface area contributed by atoms with Crippen LogP contribution in [0, 0.1) is 0 Å². The molecule has 3 heterocycles. The standard InChI is InChI=1S/C25H28N4O4/c30-23-9-8-22(24(31)27-23)29-16-20-19(25(29)32)2-1-3-21(20)26-14-17-4-6-18(7-5-17)15-28-10-12-33-13-11-28/h1-7,22,26H,8-16H2,(H,27,30,31)/t22-/m0/s1/i4D,5D,6D,7D,8D2,9D2,22D. The number of carbonyl (C=O) groups is 3. The van der Waals surface area contributed by atoms with Crippen LogP contribution in [0.15, 0.2) is 42.4 Å². The van der Waals surface area contributed by atoms with E-state index in [1.54, 1.807) is 11.4 Å². The van der Waals surface area contributed by atoms with Gasteiger partial charge < -0.3 is 15.0 Å². The third-order valence-corrected chi connectivity index (χ3v) is 5.64. The fourth-order valence-corrected chi connectivity index (χ4v) is 3.93. The summed E-state index contributed by atoms with van der Waals surface area (Å²) in [7, 11) is 0. The highest BCUT2D eigenvalue weighted by atomic mass is 16.5. The highest BCUT2D eigenvalue weighted by Gasteiger charge is 2.39. The van der Waals surface area contributed by atoms with Gasteiger partial charge in [0.2, 0.25) is 11.8 Å². The molecule has 0 aliphatic carbocycles. The lowest BCUT2D eigenvalue weighted by molar-refractivity contribution is -0.136. The molecule has 5 rings (SSSR count). The fraction of sp³-hybridized carbons (Fsp3) is 0.400. The van der Waals surface area contributed by atoms with Gasteiger partial charge in [0.25, 0.3) is 5.91 Å². The number of anilines is 1. The molecule has 1 atom stereocenters. The summed E-state index contributed by atoms with van der Waals surface area (Å²) in [6.45, 7) is 1.88. The van der Waals surface area contributed by atoms with E-state index in [0.717, 1.165) is 0 Å². The molecule has 2 aromatic rings. The lowest BCUT2D eigenvalue weighted by Gasteiger charge is -2.29. The van der Waals surface area contributed by atoms with E-state index in [4.69, 9.17) is 17.1 Å². The van der Waals surface area contributed by atoms with E-state index in [2.05, 4.69) is 5.32 Å². The minimum absolute atomic E-state index is 0.0214. The summed E-state index contributed by atoms with van der Waals surface area (Å²) >= 11 is 0. The first-order chi connectivity index (χ1) is 19.6. The molecule has 3 aliphatic rings. The van der Waals surface area contributed by atoms with Crippen molar-refractivity contribution in [3.63, 3.8) is 0 Å². The Morgan fingerprint density at radius 3 is 2.70 bits per heavy atom. The number of rotatable bonds is 6. The Morgan fingerprint density at radius 2 is 1.91 bits per heavy atom. The van der Waals surface area contributed by atoms with Crippen LogP contribution in [-0.4, -0.2) is 59.8 Å². The molecule has 3 amide bonds. The summed E-state index contributed by atoms with van der Waals surface area (Å²) in [5.74, 6) is -3.92. The normalized spacial score (nSPS) is 30.4. The number of benzene rings is 2. The van der Waals surface area contributed by atoms with Gasteiger partial charge in [-0.3, -0.25) is 24.6 Å². The van der Waals surface area contributed by atoms with E-state index in [-0.39, 0.29) is 59.5 Å². The summed E-state index contributed by atoms with van der Waals surface area (Å²) in [6.07, 6.45) is -6.69. The zero-order valence-corrected chi connectivity index (χ0v) is 17.7. The summed E-state index contributed by atoms with van der Waals surface area (Å²) < 4.78 is 80.5. The number of nitrogens with zero attached hydrogens (tertiary/aromatic N) is 2. The number of hydrogen-bond donors (Lipinski definition) is 2. The third-order valence-electron chi connectivity index (χ3n) is 5.64. The van der Waals surface area contributed by atoms with Crippen LogP contribution in [-0.2, 0) is 34.0 Å². The molecule has 2 fully saturated rings. The second-order valence-electron chi connectivity index (χ2n) is 7.80. The Labute approximate surface area is 205 Å². The van der Waals surface area contributed by atoms with Crippen molar-refractivity contribution in [2.45, 2.75) is 38.4 Å². The van der Waals surface area contributed by atoms with Gasteiger partial charge in [0.05, 0.1) is 20.1 Å².